The zero-order valence-electron chi connectivity index (χ0n) is 41.6. The molecule has 2 aliphatic rings. The number of likely N-dealkylation sites (tertiary alicyclic amines) is 2. The molecule has 6 aromatic heterocycles. The standard InChI is InChI=1S/C29H28N6O2.C28H28N6O2/c1-4-9-25(36)34-17-8-6-10-23(34)28-33-26(27-20(3)31-18-19(2)35(27)28)21-12-14-22(15-13-21)29(37)32-24-11-5-7-16-30-24;1-4-24(35)33-16-8-6-9-22(33)27-32-25(26-19(3)30-17-18(2)34(26)27)20-11-13-21(14-12-20)28(36)31-23-10-5-7-15-29-23/h5,7,11-16,18,23H,6,8,10,17H2,1-3H3,(H,30,32,37);4-5,7,10-15,17,22H,1,6,8-9,16H2,2-3H3,(H,29,31,36)/t23-;22-/m00/s1. The van der Waals surface area contributed by atoms with Crippen molar-refractivity contribution in [1.82, 2.24) is 48.5 Å². The molecular weight excluding hydrogens is 917 g/mol. The van der Waals surface area contributed by atoms with E-state index in [4.69, 9.17) is 9.97 Å². The molecule has 0 unspecified atom stereocenters. The summed E-state index contributed by atoms with van der Waals surface area (Å²) in [4.78, 5) is 82.3. The summed E-state index contributed by atoms with van der Waals surface area (Å²) >= 11 is 0. The maximum atomic E-state index is 12.8. The second kappa shape index (κ2) is 21.7. The van der Waals surface area contributed by atoms with Crippen LogP contribution in [-0.2, 0) is 9.59 Å². The smallest absolute Gasteiger partial charge is 0.299 e. The fraction of sp³-hybridized carbons (Fsp3) is 0.263. The van der Waals surface area contributed by atoms with Crippen molar-refractivity contribution in [3.63, 3.8) is 0 Å². The maximum Gasteiger partial charge on any atom is 0.299 e. The lowest BCUT2D eigenvalue weighted by Crippen LogP contribution is -2.38. The van der Waals surface area contributed by atoms with Gasteiger partial charge in [-0.15, -0.1) is 0 Å². The third-order valence-electron chi connectivity index (χ3n) is 13.3. The van der Waals surface area contributed by atoms with E-state index in [0.29, 0.717) is 35.9 Å². The molecule has 2 atom stereocenters. The van der Waals surface area contributed by atoms with Gasteiger partial charge in [0.2, 0.25) is 5.91 Å². The van der Waals surface area contributed by atoms with Crippen molar-refractivity contribution in [3.8, 4) is 34.4 Å². The Morgan fingerprint density at radius 1 is 0.603 bits per heavy atom. The highest BCUT2D eigenvalue weighted by atomic mass is 16.2. The Labute approximate surface area is 423 Å². The molecule has 2 aliphatic heterocycles. The second-order valence-corrected chi connectivity index (χ2v) is 18.1. The number of piperidine rings is 2. The lowest BCUT2D eigenvalue weighted by Gasteiger charge is -2.34. The zero-order chi connectivity index (χ0) is 51.2. The predicted molar refractivity (Wildman–Crippen MR) is 280 cm³/mol. The van der Waals surface area contributed by atoms with Crippen molar-refractivity contribution in [2.75, 3.05) is 23.7 Å². The van der Waals surface area contributed by atoms with E-state index in [1.165, 1.54) is 6.08 Å². The molecule has 73 heavy (non-hydrogen) atoms. The average molecular weight is 973 g/mol. The van der Waals surface area contributed by atoms with E-state index in [-0.39, 0.29) is 35.7 Å². The third kappa shape index (κ3) is 10.2. The lowest BCUT2D eigenvalue weighted by atomic mass is 10.0. The van der Waals surface area contributed by atoms with E-state index in [1.807, 2.05) is 86.3 Å². The summed E-state index contributed by atoms with van der Waals surface area (Å²) in [6, 6.07) is 25.1. The molecule has 16 heteroatoms. The van der Waals surface area contributed by atoms with Crippen LogP contribution in [0, 0.1) is 39.5 Å². The first kappa shape index (κ1) is 49.2. The highest BCUT2D eigenvalue weighted by Crippen LogP contribution is 2.38. The Balaban J connectivity index is 0.000000180. The fourth-order valence-corrected chi connectivity index (χ4v) is 9.74. The summed E-state index contributed by atoms with van der Waals surface area (Å²) in [5, 5.41) is 5.61. The molecule has 2 saturated heterocycles. The Morgan fingerprint density at radius 2 is 1.05 bits per heavy atom. The van der Waals surface area contributed by atoms with Crippen LogP contribution in [0.4, 0.5) is 11.6 Å². The van der Waals surface area contributed by atoms with E-state index in [0.717, 1.165) is 106 Å². The predicted octanol–water partition coefficient (Wildman–Crippen LogP) is 9.64. The molecule has 368 valence electrons. The van der Waals surface area contributed by atoms with Crippen molar-refractivity contribution >= 4 is 46.3 Å². The number of pyridine rings is 2. The van der Waals surface area contributed by atoms with Crippen molar-refractivity contribution in [3.05, 3.63) is 168 Å². The van der Waals surface area contributed by atoms with Crippen LogP contribution >= 0.6 is 0 Å². The van der Waals surface area contributed by atoms with Crippen LogP contribution in [-0.4, -0.2) is 85.2 Å². The minimum Gasteiger partial charge on any atom is -0.329 e. The van der Waals surface area contributed by atoms with Gasteiger partial charge in [-0.2, -0.15) is 0 Å². The number of carbonyl (C=O) groups excluding carboxylic acids is 4. The molecule has 0 bridgehead atoms. The summed E-state index contributed by atoms with van der Waals surface area (Å²) in [5.74, 6) is 7.38. The number of rotatable bonds is 9. The topological polar surface area (TPSA) is 185 Å². The maximum absolute atomic E-state index is 12.8. The lowest BCUT2D eigenvalue weighted by molar-refractivity contribution is -0.130. The van der Waals surface area contributed by atoms with Gasteiger partial charge in [0, 0.05) is 71.5 Å². The normalized spacial score (nSPS) is 15.4. The van der Waals surface area contributed by atoms with Crippen molar-refractivity contribution in [1.29, 1.82) is 0 Å². The van der Waals surface area contributed by atoms with E-state index in [2.05, 4.69) is 57.8 Å². The Kier molecular flexibility index (Phi) is 14.6. The van der Waals surface area contributed by atoms with Crippen LogP contribution in [0.15, 0.2) is 122 Å². The number of nitrogens with one attached hydrogen (secondary N) is 2. The molecule has 16 nitrogen and oxygen atoms in total. The molecule has 0 spiro atoms. The van der Waals surface area contributed by atoms with Crippen LogP contribution < -0.4 is 10.6 Å². The second-order valence-electron chi connectivity index (χ2n) is 18.1. The molecule has 8 heterocycles. The van der Waals surface area contributed by atoms with Crippen molar-refractivity contribution < 1.29 is 19.2 Å². The number of aryl methyl sites for hydroxylation is 4. The van der Waals surface area contributed by atoms with Crippen LogP contribution in [0.1, 0.15) is 113 Å². The number of anilines is 2. The van der Waals surface area contributed by atoms with Gasteiger partial charge in [-0.3, -0.25) is 37.9 Å². The Hall–Kier alpha value is -8.84. The van der Waals surface area contributed by atoms with Gasteiger partial charge in [-0.25, -0.2) is 19.9 Å². The molecule has 2 N–H and O–H groups in total. The van der Waals surface area contributed by atoms with Gasteiger partial charge in [0.1, 0.15) is 23.3 Å². The number of nitrogens with zero attached hydrogens (tertiary/aromatic N) is 10. The zero-order valence-corrected chi connectivity index (χ0v) is 41.6. The summed E-state index contributed by atoms with van der Waals surface area (Å²) < 4.78 is 4.24. The van der Waals surface area contributed by atoms with Gasteiger partial charge < -0.3 is 20.4 Å². The van der Waals surface area contributed by atoms with Crippen molar-refractivity contribution in [2.45, 2.75) is 85.2 Å². The van der Waals surface area contributed by atoms with Crippen LogP contribution in [0.5, 0.6) is 0 Å². The number of amides is 4. The van der Waals surface area contributed by atoms with Crippen molar-refractivity contribution in [2.24, 2.45) is 0 Å². The number of carbonyl (C=O) groups is 4. The monoisotopic (exact) mass is 972 g/mol. The third-order valence-corrected chi connectivity index (χ3v) is 13.3. The summed E-state index contributed by atoms with van der Waals surface area (Å²) in [6.07, 6.45) is 13.9. The fourth-order valence-electron chi connectivity index (χ4n) is 9.74. The molecule has 8 aromatic rings. The van der Waals surface area contributed by atoms with E-state index in [1.54, 1.807) is 67.8 Å². The number of aromatic nitrogens is 8. The largest absolute Gasteiger partial charge is 0.329 e. The first-order chi connectivity index (χ1) is 35.4. The first-order valence-corrected chi connectivity index (χ1v) is 24.5. The van der Waals surface area contributed by atoms with E-state index >= 15 is 0 Å². The molecule has 4 amide bonds. The first-order valence-electron chi connectivity index (χ1n) is 24.5. The van der Waals surface area contributed by atoms with Gasteiger partial charge in [0.15, 0.2) is 0 Å². The van der Waals surface area contributed by atoms with Gasteiger partial charge in [0.25, 0.3) is 17.7 Å². The number of benzene rings is 2. The SMILES string of the molecule is C=CC(=O)N1CCCC[C@H]1c1nc(-c2ccc(C(=O)Nc3ccccn3)cc2)c2c(C)ncc(C)n12.CC#CC(=O)N1CCCC[C@H]1c1nc(-c2ccc(C(=O)Nc3ccccn3)cc2)c2c(C)ncc(C)n12. The molecular formula is C57H56N12O4. The number of fused-ring (bicyclic) bond motifs is 2. The van der Waals surface area contributed by atoms with E-state index in [9.17, 15) is 19.2 Å². The molecule has 0 aliphatic carbocycles. The minimum absolute atomic E-state index is 0.0790. The molecule has 2 aromatic carbocycles. The quantitative estimate of drug-likeness (QED) is 0.104. The summed E-state index contributed by atoms with van der Waals surface area (Å²) in [5.41, 5.74) is 9.76. The highest BCUT2D eigenvalue weighted by molar-refractivity contribution is 6.05. The number of hydrogen-bond donors (Lipinski definition) is 2. The van der Waals surface area contributed by atoms with Gasteiger partial charge in [0.05, 0.1) is 45.9 Å². The molecule has 0 saturated carbocycles. The summed E-state index contributed by atoms with van der Waals surface area (Å²) in [7, 11) is 0. The minimum atomic E-state index is -0.234. The number of hydrogen-bond acceptors (Lipinski definition) is 10. The van der Waals surface area contributed by atoms with Gasteiger partial charge >= 0.3 is 0 Å². The molecule has 10 rings (SSSR count). The molecule has 0 radical (unpaired) electrons. The van der Waals surface area contributed by atoms with Crippen LogP contribution in [0.25, 0.3) is 33.5 Å². The Bertz CT molecular complexity index is 3430. The summed E-state index contributed by atoms with van der Waals surface area (Å²) in [6.45, 7) is 14.6. The average Bonchev–Trinajstić information content (AvgIpc) is 4.04. The van der Waals surface area contributed by atoms with E-state index < -0.39 is 0 Å². The van der Waals surface area contributed by atoms with Gasteiger partial charge in [-0.05, 0) is 134 Å². The van der Waals surface area contributed by atoms with Crippen LogP contribution in [0.2, 0.25) is 0 Å². The molecule has 2 fully saturated rings. The Morgan fingerprint density at radius 3 is 1.48 bits per heavy atom. The highest BCUT2D eigenvalue weighted by Gasteiger charge is 2.34. The number of imidazole rings is 2. The van der Waals surface area contributed by atoms with Gasteiger partial charge in [-0.1, -0.05) is 48.9 Å². The van der Waals surface area contributed by atoms with Crippen LogP contribution in [0.3, 0.4) is 0 Å².